The molecule has 0 saturated carbocycles. The normalized spacial score (nSPS) is 13.0. The summed E-state index contributed by atoms with van der Waals surface area (Å²) in [5, 5.41) is 9.07. The molecule has 1 heterocycles. The van der Waals surface area contributed by atoms with Crippen LogP contribution in [0.25, 0.3) is 11.6 Å². The first-order valence-electron chi connectivity index (χ1n) is 6.16. The summed E-state index contributed by atoms with van der Waals surface area (Å²) in [6.45, 7) is 0. The van der Waals surface area contributed by atoms with Crippen LogP contribution < -0.4 is 0 Å². The Morgan fingerprint density at radius 3 is 1.96 bits per heavy atom. The maximum absolute atomic E-state index is 12.8. The molecule has 8 heteroatoms. The topological polar surface area (TPSA) is 39.6 Å². The minimum atomic E-state index is -4.96. The quantitative estimate of drug-likeness (QED) is 0.603. The number of H-pyrrole nitrogens is 1. The molecule has 0 aliphatic rings. The van der Waals surface area contributed by atoms with E-state index in [4.69, 9.17) is 5.26 Å². The van der Waals surface area contributed by atoms with Crippen LogP contribution in [-0.2, 0) is 12.4 Å². The number of nitrogens with one attached hydrogen (secondary N) is 1. The second-order valence-corrected chi connectivity index (χ2v) is 4.59. The highest BCUT2D eigenvalue weighted by molar-refractivity contribution is 5.89. The average Bonchev–Trinajstić information content (AvgIpc) is 2.95. The SMILES string of the molecule is N#C/C(=C\c1ccc[nH]1)c1cc(C(F)(F)F)cc(C(F)(F)F)c1. The number of allylic oxidation sites excluding steroid dienone is 1. The van der Waals surface area contributed by atoms with E-state index in [0.717, 1.165) is 0 Å². The highest BCUT2D eigenvalue weighted by Crippen LogP contribution is 2.37. The lowest BCUT2D eigenvalue weighted by atomic mass is 9.99. The third kappa shape index (κ3) is 3.94. The van der Waals surface area contributed by atoms with Crippen LogP contribution in [0.15, 0.2) is 36.5 Å². The Labute approximate surface area is 126 Å². The fraction of sp³-hybridized carbons (Fsp3) is 0.133. The van der Waals surface area contributed by atoms with Gasteiger partial charge < -0.3 is 4.98 Å². The lowest BCUT2D eigenvalue weighted by molar-refractivity contribution is -0.143. The molecule has 0 amide bonds. The first-order valence-corrected chi connectivity index (χ1v) is 6.16. The van der Waals surface area contributed by atoms with Gasteiger partial charge in [-0.1, -0.05) is 0 Å². The van der Waals surface area contributed by atoms with E-state index in [0.29, 0.717) is 17.8 Å². The van der Waals surface area contributed by atoms with E-state index < -0.39 is 29.0 Å². The summed E-state index contributed by atoms with van der Waals surface area (Å²) in [4.78, 5) is 2.69. The number of hydrogen-bond acceptors (Lipinski definition) is 1. The van der Waals surface area contributed by atoms with Gasteiger partial charge in [0.1, 0.15) is 0 Å². The molecule has 0 aliphatic carbocycles. The number of rotatable bonds is 2. The molecule has 0 radical (unpaired) electrons. The maximum atomic E-state index is 12.8. The Hall–Kier alpha value is -2.69. The fourth-order valence-electron chi connectivity index (χ4n) is 1.88. The van der Waals surface area contributed by atoms with E-state index in [1.54, 1.807) is 12.1 Å². The van der Waals surface area contributed by atoms with Gasteiger partial charge in [0.2, 0.25) is 0 Å². The van der Waals surface area contributed by atoms with E-state index in [1.807, 2.05) is 0 Å². The van der Waals surface area contributed by atoms with Crippen molar-refractivity contribution >= 4 is 11.6 Å². The molecule has 0 atom stereocenters. The number of aromatic amines is 1. The molecule has 1 aromatic carbocycles. The Balaban J connectivity index is 2.63. The molecule has 0 aliphatic heterocycles. The Kier molecular flexibility index (Phi) is 4.23. The van der Waals surface area contributed by atoms with Gasteiger partial charge in [-0.3, -0.25) is 0 Å². The highest BCUT2D eigenvalue weighted by Gasteiger charge is 2.37. The van der Waals surface area contributed by atoms with Crippen LogP contribution in [0, 0.1) is 11.3 Å². The second-order valence-electron chi connectivity index (χ2n) is 4.59. The zero-order chi connectivity index (χ0) is 17.3. The fourth-order valence-corrected chi connectivity index (χ4v) is 1.88. The van der Waals surface area contributed by atoms with Crippen LogP contribution in [0.3, 0.4) is 0 Å². The molecule has 0 saturated heterocycles. The summed E-state index contributed by atoms with van der Waals surface area (Å²) in [7, 11) is 0. The van der Waals surface area contributed by atoms with E-state index in [-0.39, 0.29) is 11.6 Å². The largest absolute Gasteiger partial charge is 0.416 e. The van der Waals surface area contributed by atoms with E-state index in [9.17, 15) is 26.3 Å². The van der Waals surface area contributed by atoms with Crippen molar-refractivity contribution in [1.29, 1.82) is 5.26 Å². The van der Waals surface area contributed by atoms with Crippen LogP contribution in [0.1, 0.15) is 22.4 Å². The Morgan fingerprint density at radius 2 is 1.57 bits per heavy atom. The number of alkyl halides is 6. The lowest BCUT2D eigenvalue weighted by Gasteiger charge is -2.13. The number of hydrogen-bond donors (Lipinski definition) is 1. The minimum absolute atomic E-state index is 0.0210. The predicted molar refractivity (Wildman–Crippen MR) is 70.7 cm³/mol. The summed E-state index contributed by atoms with van der Waals surface area (Å²) in [5.41, 5.74) is -3.31. The first-order chi connectivity index (χ1) is 10.6. The molecule has 1 N–H and O–H groups in total. The highest BCUT2D eigenvalue weighted by atomic mass is 19.4. The molecule has 2 aromatic rings. The van der Waals surface area contributed by atoms with E-state index in [1.165, 1.54) is 18.3 Å². The third-order valence-corrected chi connectivity index (χ3v) is 2.94. The first kappa shape index (κ1) is 16.7. The molecule has 0 spiro atoms. The summed E-state index contributed by atoms with van der Waals surface area (Å²) in [5.74, 6) is 0. The number of nitriles is 1. The zero-order valence-electron chi connectivity index (χ0n) is 11.3. The van der Waals surface area contributed by atoms with E-state index >= 15 is 0 Å². The molecule has 23 heavy (non-hydrogen) atoms. The molecule has 2 nitrogen and oxygen atoms in total. The van der Waals surface area contributed by atoms with Gasteiger partial charge >= 0.3 is 12.4 Å². The van der Waals surface area contributed by atoms with Crippen LogP contribution in [0.4, 0.5) is 26.3 Å². The molecule has 0 fully saturated rings. The third-order valence-electron chi connectivity index (χ3n) is 2.94. The summed E-state index contributed by atoms with van der Waals surface area (Å²) in [6.07, 6.45) is -7.23. The number of halogens is 6. The smallest absolute Gasteiger partial charge is 0.362 e. The van der Waals surface area contributed by atoms with Crippen molar-refractivity contribution in [2.24, 2.45) is 0 Å². The number of benzene rings is 1. The van der Waals surface area contributed by atoms with Gasteiger partial charge in [0.15, 0.2) is 0 Å². The summed E-state index contributed by atoms with van der Waals surface area (Å²) < 4.78 is 76.8. The van der Waals surface area contributed by atoms with Crippen molar-refractivity contribution in [2.45, 2.75) is 12.4 Å². The molecule has 2 rings (SSSR count). The van der Waals surface area contributed by atoms with Crippen molar-refractivity contribution in [3.05, 3.63) is 58.9 Å². The van der Waals surface area contributed by atoms with Crippen LogP contribution >= 0.6 is 0 Å². The maximum Gasteiger partial charge on any atom is 0.416 e. The van der Waals surface area contributed by atoms with Crippen LogP contribution in [0.2, 0.25) is 0 Å². The van der Waals surface area contributed by atoms with Crippen LogP contribution in [0.5, 0.6) is 0 Å². The molecule has 0 unspecified atom stereocenters. The van der Waals surface area contributed by atoms with Crippen molar-refractivity contribution in [3.63, 3.8) is 0 Å². The van der Waals surface area contributed by atoms with Gasteiger partial charge in [-0.15, -0.1) is 0 Å². The molecular formula is C15H8F6N2. The average molecular weight is 330 g/mol. The second kappa shape index (κ2) is 5.83. The molecule has 1 aromatic heterocycles. The Bertz CT molecular complexity index is 728. The molecule has 120 valence electrons. The number of nitrogens with zero attached hydrogens (tertiary/aromatic N) is 1. The predicted octanol–water partition coefficient (Wildman–Crippen LogP) is 5.12. The van der Waals surface area contributed by atoms with Gasteiger partial charge in [0, 0.05) is 11.9 Å². The van der Waals surface area contributed by atoms with Crippen molar-refractivity contribution < 1.29 is 26.3 Å². The van der Waals surface area contributed by atoms with Crippen molar-refractivity contribution in [3.8, 4) is 6.07 Å². The van der Waals surface area contributed by atoms with Crippen LogP contribution in [-0.4, -0.2) is 4.98 Å². The van der Waals surface area contributed by atoms with Crippen molar-refractivity contribution in [1.82, 2.24) is 4.98 Å². The minimum Gasteiger partial charge on any atom is -0.362 e. The lowest BCUT2D eigenvalue weighted by Crippen LogP contribution is -2.11. The molecular weight excluding hydrogens is 322 g/mol. The Morgan fingerprint density at radius 1 is 1.00 bits per heavy atom. The van der Waals surface area contributed by atoms with E-state index in [2.05, 4.69) is 4.98 Å². The van der Waals surface area contributed by atoms with Gasteiger partial charge in [-0.25, -0.2) is 0 Å². The van der Waals surface area contributed by atoms with Crippen molar-refractivity contribution in [2.75, 3.05) is 0 Å². The van der Waals surface area contributed by atoms with Gasteiger partial charge in [0.25, 0.3) is 0 Å². The monoisotopic (exact) mass is 330 g/mol. The van der Waals surface area contributed by atoms with Gasteiger partial charge in [0.05, 0.1) is 22.8 Å². The van der Waals surface area contributed by atoms with Gasteiger partial charge in [-0.2, -0.15) is 31.6 Å². The summed E-state index contributed by atoms with van der Waals surface area (Å²) in [6, 6.07) is 5.78. The standard InChI is InChI=1S/C15H8F6N2/c16-14(17,18)11-4-9(5-12(7-11)15(19,20)21)10(8-22)6-13-2-1-3-23-13/h1-7,23H/b10-6+. The molecule has 0 bridgehead atoms. The number of aromatic nitrogens is 1. The summed E-state index contributed by atoms with van der Waals surface area (Å²) >= 11 is 0. The van der Waals surface area contributed by atoms with Gasteiger partial charge in [-0.05, 0) is 42.0 Å². The zero-order valence-corrected chi connectivity index (χ0v) is 11.3.